The van der Waals surface area contributed by atoms with Gasteiger partial charge < -0.3 is 5.73 Å². The maximum Gasteiger partial charge on any atom is 0.199 e. The number of benzene rings is 2. The number of carbonyl (C=O) groups is 1. The van der Waals surface area contributed by atoms with E-state index < -0.39 is 0 Å². The van der Waals surface area contributed by atoms with E-state index in [4.69, 9.17) is 5.73 Å². The Kier molecular flexibility index (Phi) is 4.21. The Balaban J connectivity index is 2.14. The molecule has 3 rings (SSSR count). The van der Waals surface area contributed by atoms with Gasteiger partial charge in [0.05, 0.1) is 11.3 Å². The Labute approximate surface area is 148 Å². The van der Waals surface area contributed by atoms with Gasteiger partial charge >= 0.3 is 0 Å². The van der Waals surface area contributed by atoms with E-state index in [2.05, 4.69) is 38.9 Å². The number of H-pyrrole nitrogens is 1. The van der Waals surface area contributed by atoms with Crippen LogP contribution in [-0.4, -0.2) is 16.0 Å². The van der Waals surface area contributed by atoms with E-state index in [9.17, 15) is 4.79 Å². The molecule has 0 radical (unpaired) electrons. The first kappa shape index (κ1) is 15.7. The van der Waals surface area contributed by atoms with Gasteiger partial charge in [0.1, 0.15) is 0 Å². The fourth-order valence-electron chi connectivity index (χ4n) is 2.65. The van der Waals surface area contributed by atoms with Gasteiger partial charge in [-0.15, -0.1) is 0 Å². The van der Waals surface area contributed by atoms with E-state index in [1.165, 1.54) is 5.56 Å². The highest BCUT2D eigenvalue weighted by atomic mass is 127. The second-order valence-corrected chi connectivity index (χ2v) is 6.76. The maximum atomic E-state index is 12.9. The summed E-state index contributed by atoms with van der Waals surface area (Å²) in [6, 6.07) is 13.5. The van der Waals surface area contributed by atoms with Crippen molar-refractivity contribution in [1.82, 2.24) is 10.2 Å². The summed E-state index contributed by atoms with van der Waals surface area (Å²) in [4.78, 5) is 12.9. The molecular formula is C18H16IN3O. The number of rotatable bonds is 3. The Bertz CT molecular complexity index is 899. The van der Waals surface area contributed by atoms with E-state index in [0.29, 0.717) is 16.8 Å². The van der Waals surface area contributed by atoms with Gasteiger partial charge in [-0.25, -0.2) is 0 Å². The Morgan fingerprint density at radius 2 is 1.96 bits per heavy atom. The first-order chi connectivity index (χ1) is 11.0. The van der Waals surface area contributed by atoms with Crippen molar-refractivity contribution in [2.24, 2.45) is 0 Å². The number of carbonyl (C=O) groups excluding carboxylic acids is 1. The molecule has 1 aromatic heterocycles. The minimum Gasteiger partial charge on any atom is -0.382 e. The molecule has 0 spiro atoms. The minimum atomic E-state index is -0.121. The number of anilines is 1. The minimum absolute atomic E-state index is 0.121. The second-order valence-electron chi connectivity index (χ2n) is 5.52. The van der Waals surface area contributed by atoms with Crippen LogP contribution in [0.25, 0.3) is 11.3 Å². The second kappa shape index (κ2) is 6.16. The lowest BCUT2D eigenvalue weighted by atomic mass is 9.96. The molecule has 0 aliphatic carbocycles. The number of hydrogen-bond acceptors (Lipinski definition) is 3. The zero-order valence-corrected chi connectivity index (χ0v) is 15.0. The van der Waals surface area contributed by atoms with Gasteiger partial charge in [-0.1, -0.05) is 35.9 Å². The van der Waals surface area contributed by atoms with Gasteiger partial charge in [0.15, 0.2) is 11.6 Å². The fraction of sp³-hybridized carbons (Fsp3) is 0.111. The molecule has 0 saturated carbocycles. The molecule has 0 unspecified atom stereocenters. The Morgan fingerprint density at radius 1 is 1.17 bits per heavy atom. The summed E-state index contributed by atoms with van der Waals surface area (Å²) in [5.74, 6) is 0.105. The largest absolute Gasteiger partial charge is 0.382 e. The van der Waals surface area contributed by atoms with Gasteiger partial charge in [0.25, 0.3) is 0 Å². The number of ketones is 1. The van der Waals surface area contributed by atoms with Gasteiger partial charge in [0, 0.05) is 14.7 Å². The van der Waals surface area contributed by atoms with Crippen molar-refractivity contribution in [3.8, 4) is 11.3 Å². The summed E-state index contributed by atoms with van der Waals surface area (Å²) in [5, 5.41) is 6.97. The van der Waals surface area contributed by atoms with Crippen LogP contribution in [0.2, 0.25) is 0 Å². The third-order valence-corrected chi connectivity index (χ3v) is 4.43. The molecule has 0 saturated heterocycles. The van der Waals surface area contributed by atoms with Gasteiger partial charge in [-0.3, -0.25) is 9.89 Å². The lowest BCUT2D eigenvalue weighted by Crippen LogP contribution is -2.06. The highest BCUT2D eigenvalue weighted by Crippen LogP contribution is 2.30. The number of nitrogens with one attached hydrogen (secondary N) is 1. The molecule has 0 atom stereocenters. The van der Waals surface area contributed by atoms with Gasteiger partial charge in [0.2, 0.25) is 0 Å². The maximum absolute atomic E-state index is 12.9. The van der Waals surface area contributed by atoms with Crippen LogP contribution in [0.4, 0.5) is 5.82 Å². The molecule has 0 fully saturated rings. The predicted molar refractivity (Wildman–Crippen MR) is 101 cm³/mol. The van der Waals surface area contributed by atoms with Crippen LogP contribution >= 0.6 is 22.6 Å². The van der Waals surface area contributed by atoms with Crippen molar-refractivity contribution < 1.29 is 4.79 Å². The van der Waals surface area contributed by atoms with Crippen molar-refractivity contribution >= 4 is 34.2 Å². The number of aromatic nitrogens is 2. The average molecular weight is 417 g/mol. The van der Waals surface area contributed by atoms with Crippen LogP contribution < -0.4 is 5.73 Å². The summed E-state index contributed by atoms with van der Waals surface area (Å²) < 4.78 is 1.00. The molecule has 4 nitrogen and oxygen atoms in total. The smallest absolute Gasteiger partial charge is 0.199 e. The van der Waals surface area contributed by atoms with Crippen LogP contribution in [0.15, 0.2) is 42.5 Å². The molecule has 3 aromatic rings. The van der Waals surface area contributed by atoms with E-state index in [-0.39, 0.29) is 11.6 Å². The highest BCUT2D eigenvalue weighted by Gasteiger charge is 2.22. The summed E-state index contributed by atoms with van der Waals surface area (Å²) in [5.41, 5.74) is 10.9. The number of nitrogen functional groups attached to an aromatic ring is 1. The lowest BCUT2D eigenvalue weighted by molar-refractivity contribution is 0.104. The van der Waals surface area contributed by atoms with Crippen molar-refractivity contribution in [1.29, 1.82) is 0 Å². The van der Waals surface area contributed by atoms with Crippen molar-refractivity contribution in [2.45, 2.75) is 13.8 Å². The zero-order valence-electron chi connectivity index (χ0n) is 12.9. The normalized spacial score (nSPS) is 10.7. The molecule has 0 aliphatic rings. The first-order valence-corrected chi connectivity index (χ1v) is 8.27. The number of halogens is 1. The standard InChI is InChI=1S/C18H16IN3O/c1-10-6-7-14(11(2)8-10)16-15(18(20)22-21-16)17(23)12-4-3-5-13(19)9-12/h3-9H,1-2H3,(H3,20,21,22). The van der Waals surface area contributed by atoms with E-state index >= 15 is 0 Å². The lowest BCUT2D eigenvalue weighted by Gasteiger charge is -2.08. The van der Waals surface area contributed by atoms with Gasteiger partial charge in [-0.2, -0.15) is 5.10 Å². The molecule has 0 aliphatic heterocycles. The van der Waals surface area contributed by atoms with Crippen molar-refractivity contribution in [3.05, 3.63) is 68.3 Å². The third-order valence-electron chi connectivity index (χ3n) is 3.76. The van der Waals surface area contributed by atoms with E-state index in [1.54, 1.807) is 6.07 Å². The van der Waals surface area contributed by atoms with Crippen molar-refractivity contribution in [3.63, 3.8) is 0 Å². The van der Waals surface area contributed by atoms with Crippen LogP contribution in [0.3, 0.4) is 0 Å². The van der Waals surface area contributed by atoms with E-state index in [0.717, 1.165) is 14.7 Å². The monoisotopic (exact) mass is 417 g/mol. The number of aromatic amines is 1. The quantitative estimate of drug-likeness (QED) is 0.498. The van der Waals surface area contributed by atoms with Crippen molar-refractivity contribution in [2.75, 3.05) is 5.73 Å². The summed E-state index contributed by atoms with van der Waals surface area (Å²) in [6.45, 7) is 4.05. The number of nitrogens with zero attached hydrogens (tertiary/aromatic N) is 1. The summed E-state index contributed by atoms with van der Waals surface area (Å²) >= 11 is 2.19. The summed E-state index contributed by atoms with van der Waals surface area (Å²) in [7, 11) is 0. The molecule has 3 N–H and O–H groups in total. The molecule has 23 heavy (non-hydrogen) atoms. The van der Waals surface area contributed by atoms with E-state index in [1.807, 2.05) is 44.2 Å². The third kappa shape index (κ3) is 3.01. The molecule has 0 bridgehead atoms. The summed E-state index contributed by atoms with van der Waals surface area (Å²) in [6.07, 6.45) is 0. The topological polar surface area (TPSA) is 71.8 Å². The van der Waals surface area contributed by atoms with Crippen LogP contribution in [0.1, 0.15) is 27.0 Å². The van der Waals surface area contributed by atoms with Crippen LogP contribution in [-0.2, 0) is 0 Å². The fourth-order valence-corrected chi connectivity index (χ4v) is 3.19. The number of hydrogen-bond donors (Lipinski definition) is 2. The molecular weight excluding hydrogens is 401 g/mol. The molecule has 2 aromatic carbocycles. The zero-order chi connectivity index (χ0) is 16.6. The SMILES string of the molecule is Cc1ccc(-c2[nH]nc(N)c2C(=O)c2cccc(I)c2)c(C)c1. The number of nitrogens with two attached hydrogens (primary N) is 1. The highest BCUT2D eigenvalue weighted by molar-refractivity contribution is 14.1. The van der Waals surface area contributed by atoms with Crippen LogP contribution in [0, 0.1) is 17.4 Å². The molecule has 0 amide bonds. The Morgan fingerprint density at radius 3 is 2.65 bits per heavy atom. The Hall–Kier alpha value is -2.15. The van der Waals surface area contributed by atoms with Crippen LogP contribution in [0.5, 0.6) is 0 Å². The average Bonchev–Trinajstić information content (AvgIpc) is 2.88. The number of aryl methyl sites for hydroxylation is 2. The molecule has 116 valence electrons. The first-order valence-electron chi connectivity index (χ1n) is 7.19. The molecule has 1 heterocycles. The van der Waals surface area contributed by atoms with Gasteiger partial charge in [-0.05, 0) is 54.1 Å². The predicted octanol–water partition coefficient (Wildman–Crippen LogP) is 4.11. The molecule has 5 heteroatoms.